The first-order valence-corrected chi connectivity index (χ1v) is 6.35. The molecule has 0 aliphatic carbocycles. The van der Waals surface area contributed by atoms with Gasteiger partial charge in [-0.1, -0.05) is 11.6 Å². The van der Waals surface area contributed by atoms with Crippen LogP contribution in [0.1, 0.15) is 21.5 Å². The third-order valence-electron chi connectivity index (χ3n) is 3.17. The standard InChI is InChI=1S/C15H9ClFNO2/c16-10-2-3-11(12(17)7-10)15(20)8-1-4-13-9(5-8)6-14(19)18-13/h1-5,7H,6H2,(H,18,19). The molecular formula is C15H9ClFNO2. The van der Waals surface area contributed by atoms with Crippen molar-refractivity contribution in [2.45, 2.75) is 6.42 Å². The summed E-state index contributed by atoms with van der Waals surface area (Å²) in [7, 11) is 0. The zero-order valence-electron chi connectivity index (χ0n) is 10.2. The molecule has 1 amide bonds. The molecule has 3 nitrogen and oxygen atoms in total. The van der Waals surface area contributed by atoms with E-state index in [2.05, 4.69) is 5.32 Å². The molecule has 0 bridgehead atoms. The maximum Gasteiger partial charge on any atom is 0.228 e. The third kappa shape index (κ3) is 2.18. The van der Waals surface area contributed by atoms with Crippen LogP contribution in [0.2, 0.25) is 5.02 Å². The number of amides is 1. The Morgan fingerprint density at radius 1 is 1.20 bits per heavy atom. The first-order valence-electron chi connectivity index (χ1n) is 5.97. The Morgan fingerprint density at radius 2 is 2.00 bits per heavy atom. The number of carbonyl (C=O) groups excluding carboxylic acids is 2. The van der Waals surface area contributed by atoms with Gasteiger partial charge in [-0.25, -0.2) is 4.39 Å². The van der Waals surface area contributed by atoms with Crippen LogP contribution in [0.5, 0.6) is 0 Å². The Balaban J connectivity index is 1.99. The van der Waals surface area contributed by atoms with Crippen molar-refractivity contribution in [3.63, 3.8) is 0 Å². The first kappa shape index (κ1) is 12.8. The van der Waals surface area contributed by atoms with Gasteiger partial charge in [0.1, 0.15) is 5.82 Å². The van der Waals surface area contributed by atoms with Crippen molar-refractivity contribution < 1.29 is 14.0 Å². The first-order chi connectivity index (χ1) is 9.54. The van der Waals surface area contributed by atoms with E-state index in [1.54, 1.807) is 18.2 Å². The maximum atomic E-state index is 13.8. The molecule has 0 unspecified atom stereocenters. The molecule has 20 heavy (non-hydrogen) atoms. The van der Waals surface area contributed by atoms with E-state index in [4.69, 9.17) is 11.6 Å². The number of halogens is 2. The molecular weight excluding hydrogens is 281 g/mol. The van der Waals surface area contributed by atoms with Crippen molar-refractivity contribution in [1.82, 2.24) is 0 Å². The second-order valence-electron chi connectivity index (χ2n) is 4.55. The fourth-order valence-corrected chi connectivity index (χ4v) is 2.36. The van der Waals surface area contributed by atoms with Gasteiger partial charge in [0.2, 0.25) is 5.91 Å². The molecule has 1 N–H and O–H groups in total. The Morgan fingerprint density at radius 3 is 2.75 bits per heavy atom. The minimum Gasteiger partial charge on any atom is -0.326 e. The topological polar surface area (TPSA) is 46.2 Å². The van der Waals surface area contributed by atoms with E-state index >= 15 is 0 Å². The zero-order valence-corrected chi connectivity index (χ0v) is 11.0. The normalized spacial score (nSPS) is 13.0. The minimum atomic E-state index is -0.655. The maximum absolute atomic E-state index is 13.8. The molecule has 100 valence electrons. The summed E-state index contributed by atoms with van der Waals surface area (Å²) in [5.41, 5.74) is 1.76. The SMILES string of the molecule is O=C1Cc2cc(C(=O)c3ccc(Cl)cc3F)ccc2N1. The lowest BCUT2D eigenvalue weighted by Gasteiger charge is -2.05. The third-order valence-corrected chi connectivity index (χ3v) is 3.40. The molecule has 0 spiro atoms. The number of nitrogens with one attached hydrogen (secondary N) is 1. The van der Waals surface area contributed by atoms with Crippen LogP contribution in [-0.2, 0) is 11.2 Å². The van der Waals surface area contributed by atoms with Crippen LogP contribution in [0, 0.1) is 5.82 Å². The number of ketones is 1. The van der Waals surface area contributed by atoms with Gasteiger partial charge < -0.3 is 5.32 Å². The van der Waals surface area contributed by atoms with Crippen molar-refractivity contribution in [2.24, 2.45) is 0 Å². The van der Waals surface area contributed by atoms with Gasteiger partial charge in [-0.3, -0.25) is 9.59 Å². The summed E-state index contributed by atoms with van der Waals surface area (Å²) >= 11 is 5.66. The van der Waals surface area contributed by atoms with E-state index in [9.17, 15) is 14.0 Å². The second kappa shape index (κ2) is 4.72. The van der Waals surface area contributed by atoms with E-state index in [-0.39, 0.29) is 22.9 Å². The van der Waals surface area contributed by atoms with Crippen LogP contribution in [0.3, 0.4) is 0 Å². The molecule has 5 heteroatoms. The Hall–Kier alpha value is -2.20. The Kier molecular flexibility index (Phi) is 3.03. The second-order valence-corrected chi connectivity index (χ2v) is 4.99. The van der Waals surface area contributed by atoms with Crippen LogP contribution in [0.15, 0.2) is 36.4 Å². The molecule has 1 aliphatic rings. The average molecular weight is 290 g/mol. The molecule has 0 atom stereocenters. The van der Waals surface area contributed by atoms with Crippen LogP contribution in [-0.4, -0.2) is 11.7 Å². The lowest BCUT2D eigenvalue weighted by molar-refractivity contribution is -0.115. The minimum absolute atomic E-state index is 0.0355. The molecule has 1 heterocycles. The lowest BCUT2D eigenvalue weighted by Crippen LogP contribution is -2.04. The number of benzene rings is 2. The summed E-state index contributed by atoms with van der Waals surface area (Å²) in [6, 6.07) is 8.77. The highest BCUT2D eigenvalue weighted by Crippen LogP contribution is 2.26. The molecule has 2 aromatic rings. The van der Waals surface area contributed by atoms with Gasteiger partial charge in [0, 0.05) is 16.3 Å². The van der Waals surface area contributed by atoms with E-state index in [0.717, 1.165) is 11.6 Å². The Bertz CT molecular complexity index is 743. The largest absolute Gasteiger partial charge is 0.326 e. The average Bonchev–Trinajstić information content (AvgIpc) is 2.77. The van der Waals surface area contributed by atoms with Gasteiger partial charge in [-0.2, -0.15) is 0 Å². The van der Waals surface area contributed by atoms with Crippen LogP contribution < -0.4 is 5.32 Å². The predicted octanol–water partition coefficient (Wildman–Crippen LogP) is 3.20. The molecule has 0 aromatic heterocycles. The summed E-state index contributed by atoms with van der Waals surface area (Å²) in [6.45, 7) is 0. The van der Waals surface area contributed by atoms with Crippen LogP contribution >= 0.6 is 11.6 Å². The van der Waals surface area contributed by atoms with E-state index in [1.807, 2.05) is 0 Å². The van der Waals surface area contributed by atoms with Gasteiger partial charge in [0.15, 0.2) is 5.78 Å². The van der Waals surface area contributed by atoms with Crippen molar-refractivity contribution in [2.75, 3.05) is 5.32 Å². The van der Waals surface area contributed by atoms with Crippen molar-refractivity contribution >= 4 is 29.0 Å². The van der Waals surface area contributed by atoms with Gasteiger partial charge in [0.05, 0.1) is 12.0 Å². The summed E-state index contributed by atoms with van der Waals surface area (Å²) in [5.74, 6) is -1.19. The summed E-state index contributed by atoms with van der Waals surface area (Å²) in [6.07, 6.45) is 0.236. The quantitative estimate of drug-likeness (QED) is 0.863. The van der Waals surface area contributed by atoms with Gasteiger partial charge in [-0.05, 0) is 42.0 Å². The zero-order chi connectivity index (χ0) is 14.3. The molecule has 0 saturated carbocycles. The van der Waals surface area contributed by atoms with Gasteiger partial charge >= 0.3 is 0 Å². The van der Waals surface area contributed by atoms with E-state index in [0.29, 0.717) is 11.3 Å². The van der Waals surface area contributed by atoms with Gasteiger partial charge in [-0.15, -0.1) is 0 Å². The van der Waals surface area contributed by atoms with Crippen molar-refractivity contribution in [3.05, 3.63) is 63.9 Å². The number of rotatable bonds is 2. The number of hydrogen-bond donors (Lipinski definition) is 1. The number of hydrogen-bond acceptors (Lipinski definition) is 2. The molecule has 2 aromatic carbocycles. The number of fused-ring (bicyclic) bond motifs is 1. The van der Waals surface area contributed by atoms with E-state index in [1.165, 1.54) is 12.1 Å². The van der Waals surface area contributed by atoms with Gasteiger partial charge in [0.25, 0.3) is 0 Å². The molecule has 3 rings (SSSR count). The summed E-state index contributed by atoms with van der Waals surface area (Å²) < 4.78 is 13.8. The fraction of sp³-hybridized carbons (Fsp3) is 0.0667. The summed E-state index contributed by atoms with van der Waals surface area (Å²) in [4.78, 5) is 23.5. The van der Waals surface area contributed by atoms with Crippen molar-refractivity contribution in [3.8, 4) is 0 Å². The molecule has 1 aliphatic heterocycles. The monoisotopic (exact) mass is 289 g/mol. The van der Waals surface area contributed by atoms with Crippen LogP contribution in [0.25, 0.3) is 0 Å². The smallest absolute Gasteiger partial charge is 0.228 e. The summed E-state index contributed by atoms with van der Waals surface area (Å²) in [5, 5.41) is 2.92. The molecule has 0 fully saturated rings. The molecule has 0 radical (unpaired) electrons. The highest BCUT2D eigenvalue weighted by Gasteiger charge is 2.20. The Labute approximate surface area is 119 Å². The number of carbonyl (C=O) groups is 2. The lowest BCUT2D eigenvalue weighted by atomic mass is 10.00. The molecule has 0 saturated heterocycles. The highest BCUT2D eigenvalue weighted by molar-refractivity contribution is 6.30. The fourth-order valence-electron chi connectivity index (χ4n) is 2.20. The number of anilines is 1. The van der Waals surface area contributed by atoms with E-state index < -0.39 is 11.6 Å². The predicted molar refractivity (Wildman–Crippen MR) is 73.6 cm³/mol. The van der Waals surface area contributed by atoms with Crippen molar-refractivity contribution in [1.29, 1.82) is 0 Å². The highest BCUT2D eigenvalue weighted by atomic mass is 35.5. The van der Waals surface area contributed by atoms with Crippen LogP contribution in [0.4, 0.5) is 10.1 Å².